The molecule has 1 aliphatic heterocycles. The van der Waals surface area contributed by atoms with Gasteiger partial charge in [-0.05, 0) is 19.8 Å². The van der Waals surface area contributed by atoms with Gasteiger partial charge < -0.3 is 20.5 Å². The van der Waals surface area contributed by atoms with Crippen LogP contribution in [-0.4, -0.2) is 47.9 Å². The highest BCUT2D eigenvalue weighted by atomic mass is 16.6. The van der Waals surface area contributed by atoms with E-state index >= 15 is 0 Å². The first-order chi connectivity index (χ1) is 6.58. The van der Waals surface area contributed by atoms with Gasteiger partial charge in [0, 0.05) is 19.6 Å². The number of piperidine rings is 1. The molecule has 0 spiro atoms. The summed E-state index contributed by atoms with van der Waals surface area (Å²) in [5.41, 5.74) is 4.92. The third-order valence-corrected chi connectivity index (χ3v) is 2.34. The lowest BCUT2D eigenvalue weighted by molar-refractivity contribution is 0.0405. The Morgan fingerprint density at radius 2 is 2.21 bits per heavy atom. The minimum Gasteiger partial charge on any atom is -0.446 e. The number of hydrogen-bond acceptors (Lipinski definition) is 4. The summed E-state index contributed by atoms with van der Waals surface area (Å²) in [5, 5.41) is 9.17. The number of likely N-dealkylation sites (tertiary alicyclic amines) is 1. The van der Waals surface area contributed by atoms with E-state index in [1.165, 1.54) is 0 Å². The Morgan fingerprint density at radius 1 is 1.64 bits per heavy atom. The summed E-state index contributed by atoms with van der Waals surface area (Å²) in [6, 6.07) is 0. The van der Waals surface area contributed by atoms with Gasteiger partial charge in [0.25, 0.3) is 0 Å². The van der Waals surface area contributed by atoms with Gasteiger partial charge in [-0.3, -0.25) is 0 Å². The van der Waals surface area contributed by atoms with Crippen LogP contribution in [0.15, 0.2) is 0 Å². The molecular weight excluding hydrogens is 184 g/mol. The van der Waals surface area contributed by atoms with E-state index in [0.29, 0.717) is 6.54 Å². The SMILES string of the molecule is CC(O)CN1CCC(OC(N)=O)CC1. The highest BCUT2D eigenvalue weighted by molar-refractivity contribution is 5.64. The van der Waals surface area contributed by atoms with Crippen LogP contribution in [-0.2, 0) is 4.74 Å². The van der Waals surface area contributed by atoms with E-state index in [1.54, 1.807) is 6.92 Å². The second kappa shape index (κ2) is 5.17. The largest absolute Gasteiger partial charge is 0.446 e. The number of β-amino-alcohol motifs (C(OH)–C–C–N with tert-alkyl or cyclic N) is 1. The monoisotopic (exact) mass is 202 g/mol. The van der Waals surface area contributed by atoms with E-state index < -0.39 is 6.09 Å². The predicted octanol–water partition coefficient (Wildman–Crippen LogP) is -0.0731. The van der Waals surface area contributed by atoms with Crippen LogP contribution >= 0.6 is 0 Å². The summed E-state index contributed by atoms with van der Waals surface area (Å²) in [6.07, 6.45) is 0.561. The zero-order valence-corrected chi connectivity index (χ0v) is 8.48. The summed E-state index contributed by atoms with van der Waals surface area (Å²) in [7, 11) is 0. The third-order valence-electron chi connectivity index (χ3n) is 2.34. The zero-order chi connectivity index (χ0) is 10.6. The van der Waals surface area contributed by atoms with Gasteiger partial charge in [0.05, 0.1) is 6.10 Å². The Labute approximate surface area is 83.8 Å². The molecule has 1 rings (SSSR count). The van der Waals surface area contributed by atoms with Crippen LogP contribution in [0.2, 0.25) is 0 Å². The van der Waals surface area contributed by atoms with Crippen molar-refractivity contribution in [2.45, 2.75) is 32.0 Å². The van der Waals surface area contributed by atoms with Crippen molar-refractivity contribution in [3.8, 4) is 0 Å². The fourth-order valence-electron chi connectivity index (χ4n) is 1.75. The topological polar surface area (TPSA) is 75.8 Å². The molecule has 1 saturated heterocycles. The van der Waals surface area contributed by atoms with Crippen LogP contribution in [0.25, 0.3) is 0 Å². The normalized spacial score (nSPS) is 21.9. The van der Waals surface area contributed by atoms with Gasteiger partial charge in [0.2, 0.25) is 0 Å². The molecule has 14 heavy (non-hydrogen) atoms. The molecule has 0 aromatic carbocycles. The molecule has 0 aromatic heterocycles. The summed E-state index contributed by atoms with van der Waals surface area (Å²) in [5.74, 6) is 0. The first kappa shape index (κ1) is 11.3. The number of ether oxygens (including phenoxy) is 1. The van der Waals surface area contributed by atoms with Crippen molar-refractivity contribution in [2.24, 2.45) is 5.73 Å². The smallest absolute Gasteiger partial charge is 0.404 e. The highest BCUT2D eigenvalue weighted by Gasteiger charge is 2.21. The first-order valence-electron chi connectivity index (χ1n) is 4.94. The van der Waals surface area contributed by atoms with E-state index in [9.17, 15) is 4.79 Å². The van der Waals surface area contributed by atoms with E-state index in [1.807, 2.05) is 0 Å². The van der Waals surface area contributed by atoms with E-state index in [2.05, 4.69) is 4.90 Å². The molecule has 82 valence electrons. The van der Waals surface area contributed by atoms with Gasteiger partial charge >= 0.3 is 6.09 Å². The van der Waals surface area contributed by atoms with Crippen LogP contribution in [0.3, 0.4) is 0 Å². The van der Waals surface area contributed by atoms with Gasteiger partial charge in [-0.25, -0.2) is 4.79 Å². The molecule has 1 atom stereocenters. The number of aliphatic hydroxyl groups is 1. The quantitative estimate of drug-likeness (QED) is 0.671. The Kier molecular flexibility index (Phi) is 4.16. The molecule has 1 fully saturated rings. The number of rotatable bonds is 3. The predicted molar refractivity (Wildman–Crippen MR) is 51.8 cm³/mol. The molecule has 5 nitrogen and oxygen atoms in total. The number of aliphatic hydroxyl groups excluding tert-OH is 1. The van der Waals surface area contributed by atoms with Gasteiger partial charge in [0.15, 0.2) is 0 Å². The molecule has 1 unspecified atom stereocenters. The van der Waals surface area contributed by atoms with Crippen molar-refractivity contribution < 1.29 is 14.6 Å². The summed E-state index contributed by atoms with van der Waals surface area (Å²) < 4.78 is 4.89. The Morgan fingerprint density at radius 3 is 2.64 bits per heavy atom. The van der Waals surface area contributed by atoms with Gasteiger partial charge in [-0.2, -0.15) is 0 Å². The molecule has 0 saturated carbocycles. The third kappa shape index (κ3) is 3.93. The molecular formula is C9H18N2O3. The number of hydrogen-bond donors (Lipinski definition) is 2. The molecule has 0 aromatic rings. The molecule has 0 radical (unpaired) electrons. The van der Waals surface area contributed by atoms with Crippen LogP contribution < -0.4 is 5.73 Å². The zero-order valence-electron chi connectivity index (χ0n) is 8.48. The highest BCUT2D eigenvalue weighted by Crippen LogP contribution is 2.13. The van der Waals surface area contributed by atoms with Gasteiger partial charge in [-0.1, -0.05) is 0 Å². The molecule has 1 aliphatic rings. The van der Waals surface area contributed by atoms with Crippen LogP contribution in [0.1, 0.15) is 19.8 Å². The molecule has 0 bridgehead atoms. The average Bonchev–Trinajstić information content (AvgIpc) is 2.06. The Balaban J connectivity index is 2.21. The van der Waals surface area contributed by atoms with Gasteiger partial charge in [-0.15, -0.1) is 0 Å². The van der Waals surface area contributed by atoms with Crippen LogP contribution in [0.5, 0.6) is 0 Å². The number of carbonyl (C=O) groups excluding carboxylic acids is 1. The summed E-state index contributed by atoms with van der Waals surface area (Å²) in [6.45, 7) is 4.15. The standard InChI is InChI=1S/C9H18N2O3/c1-7(12)6-11-4-2-8(3-5-11)14-9(10)13/h7-8,12H,2-6H2,1H3,(H2,10,13). The van der Waals surface area contributed by atoms with Crippen molar-refractivity contribution in [1.29, 1.82) is 0 Å². The lowest BCUT2D eigenvalue weighted by atomic mass is 10.1. The number of primary amides is 1. The molecule has 1 amide bonds. The molecule has 5 heteroatoms. The van der Waals surface area contributed by atoms with Crippen LogP contribution in [0, 0.1) is 0 Å². The number of nitrogens with zero attached hydrogens (tertiary/aromatic N) is 1. The van der Waals surface area contributed by atoms with Gasteiger partial charge in [0.1, 0.15) is 6.10 Å². The number of carbonyl (C=O) groups is 1. The first-order valence-corrected chi connectivity index (χ1v) is 4.94. The van der Waals surface area contributed by atoms with Crippen molar-refractivity contribution in [1.82, 2.24) is 4.90 Å². The molecule has 3 N–H and O–H groups in total. The lowest BCUT2D eigenvalue weighted by Crippen LogP contribution is -2.41. The minimum absolute atomic E-state index is 0.0438. The second-order valence-corrected chi connectivity index (χ2v) is 3.79. The molecule has 0 aliphatic carbocycles. The second-order valence-electron chi connectivity index (χ2n) is 3.79. The number of nitrogens with two attached hydrogens (primary N) is 1. The molecule has 1 heterocycles. The fourth-order valence-corrected chi connectivity index (χ4v) is 1.75. The van der Waals surface area contributed by atoms with E-state index in [4.69, 9.17) is 15.6 Å². The fraction of sp³-hybridized carbons (Fsp3) is 0.889. The Bertz CT molecular complexity index is 188. The number of amides is 1. The lowest BCUT2D eigenvalue weighted by Gasteiger charge is -2.31. The maximum Gasteiger partial charge on any atom is 0.404 e. The van der Waals surface area contributed by atoms with E-state index in [0.717, 1.165) is 25.9 Å². The van der Waals surface area contributed by atoms with Crippen molar-refractivity contribution in [3.63, 3.8) is 0 Å². The van der Waals surface area contributed by atoms with E-state index in [-0.39, 0.29) is 12.2 Å². The maximum absolute atomic E-state index is 10.5. The van der Waals surface area contributed by atoms with Crippen molar-refractivity contribution in [2.75, 3.05) is 19.6 Å². The summed E-state index contributed by atoms with van der Waals surface area (Å²) >= 11 is 0. The summed E-state index contributed by atoms with van der Waals surface area (Å²) in [4.78, 5) is 12.6. The Hall–Kier alpha value is -0.810. The van der Waals surface area contributed by atoms with Crippen LogP contribution in [0.4, 0.5) is 4.79 Å². The van der Waals surface area contributed by atoms with Crippen molar-refractivity contribution >= 4 is 6.09 Å². The minimum atomic E-state index is -0.695. The van der Waals surface area contributed by atoms with Crippen molar-refractivity contribution in [3.05, 3.63) is 0 Å². The maximum atomic E-state index is 10.5. The average molecular weight is 202 g/mol.